The summed E-state index contributed by atoms with van der Waals surface area (Å²) in [5, 5.41) is 5.46. The zero-order valence-corrected chi connectivity index (χ0v) is 7.89. The lowest BCUT2D eigenvalue weighted by Crippen LogP contribution is -2.38. The lowest BCUT2D eigenvalue weighted by atomic mass is 10.2. The summed E-state index contributed by atoms with van der Waals surface area (Å²) in [6.07, 6.45) is 0.828. The molecule has 0 unspecified atom stereocenters. The molecule has 0 saturated carbocycles. The van der Waals surface area contributed by atoms with E-state index in [1.165, 1.54) is 0 Å². The number of rotatable bonds is 5. The molecule has 4 nitrogen and oxygen atoms in total. The molecule has 12 heavy (non-hydrogen) atoms. The molecule has 72 valence electrons. The van der Waals surface area contributed by atoms with Crippen LogP contribution < -0.4 is 16.4 Å². The minimum absolute atomic E-state index is 0.0999. The molecule has 0 aromatic heterocycles. The van der Waals surface area contributed by atoms with Crippen molar-refractivity contribution in [1.29, 1.82) is 0 Å². The van der Waals surface area contributed by atoms with Gasteiger partial charge in [0.25, 0.3) is 0 Å². The topological polar surface area (TPSA) is 67.2 Å². The predicted molar refractivity (Wildman–Crippen MR) is 49.9 cm³/mol. The average molecular weight is 173 g/mol. The summed E-state index contributed by atoms with van der Waals surface area (Å²) in [4.78, 5) is 11.0. The van der Waals surface area contributed by atoms with E-state index in [4.69, 9.17) is 5.73 Å². The normalized spacial score (nSPS) is 10.0. The van der Waals surface area contributed by atoms with Crippen molar-refractivity contribution in [2.24, 2.45) is 11.7 Å². The summed E-state index contributed by atoms with van der Waals surface area (Å²) < 4.78 is 0. The minimum atomic E-state index is -0.0999. The van der Waals surface area contributed by atoms with E-state index in [9.17, 15) is 4.79 Å². The third-order valence-electron chi connectivity index (χ3n) is 1.34. The maximum Gasteiger partial charge on any atom is 0.314 e. The standard InChI is InChI=1S/C8H19N3O/c1-7(2)6-11-8(12)10-5-3-4-9/h7H,3-6,9H2,1-2H3,(H2,10,11,12). The fourth-order valence-electron chi connectivity index (χ4n) is 0.663. The van der Waals surface area contributed by atoms with Gasteiger partial charge in [-0.25, -0.2) is 4.79 Å². The van der Waals surface area contributed by atoms with Crippen molar-refractivity contribution in [3.63, 3.8) is 0 Å². The number of carbonyl (C=O) groups excluding carboxylic acids is 1. The van der Waals surface area contributed by atoms with Crippen LogP contribution in [0.3, 0.4) is 0 Å². The molecule has 0 heterocycles. The second-order valence-corrected chi connectivity index (χ2v) is 3.17. The van der Waals surface area contributed by atoms with E-state index in [0.29, 0.717) is 25.6 Å². The van der Waals surface area contributed by atoms with Crippen LogP contribution in [0.2, 0.25) is 0 Å². The molecule has 0 aromatic carbocycles. The zero-order chi connectivity index (χ0) is 9.40. The first-order chi connectivity index (χ1) is 5.66. The van der Waals surface area contributed by atoms with Gasteiger partial charge in [0.05, 0.1) is 0 Å². The van der Waals surface area contributed by atoms with Crippen molar-refractivity contribution in [2.45, 2.75) is 20.3 Å². The first kappa shape index (κ1) is 11.2. The largest absolute Gasteiger partial charge is 0.338 e. The molecular formula is C8H19N3O. The smallest absolute Gasteiger partial charge is 0.314 e. The first-order valence-corrected chi connectivity index (χ1v) is 4.38. The second-order valence-electron chi connectivity index (χ2n) is 3.17. The van der Waals surface area contributed by atoms with Crippen LogP contribution in [0.1, 0.15) is 20.3 Å². The van der Waals surface area contributed by atoms with Gasteiger partial charge in [-0.3, -0.25) is 0 Å². The van der Waals surface area contributed by atoms with Crippen LogP contribution in [0, 0.1) is 5.92 Å². The quantitative estimate of drug-likeness (QED) is 0.523. The minimum Gasteiger partial charge on any atom is -0.338 e. The van der Waals surface area contributed by atoms with Gasteiger partial charge in [-0.1, -0.05) is 13.8 Å². The highest BCUT2D eigenvalue weighted by Crippen LogP contribution is 1.86. The molecule has 4 heteroatoms. The van der Waals surface area contributed by atoms with Crippen LogP contribution in [0.15, 0.2) is 0 Å². The molecular weight excluding hydrogens is 154 g/mol. The van der Waals surface area contributed by atoms with Gasteiger partial charge in [-0.2, -0.15) is 0 Å². The van der Waals surface area contributed by atoms with Gasteiger partial charge in [-0.05, 0) is 18.9 Å². The maximum atomic E-state index is 11.0. The summed E-state index contributed by atoms with van der Waals surface area (Å²) in [6.45, 7) is 6.10. The van der Waals surface area contributed by atoms with Crippen molar-refractivity contribution in [3.8, 4) is 0 Å². The highest BCUT2D eigenvalue weighted by molar-refractivity contribution is 5.73. The molecule has 0 aliphatic rings. The van der Waals surface area contributed by atoms with Crippen molar-refractivity contribution < 1.29 is 4.79 Å². The summed E-state index contributed by atoms with van der Waals surface area (Å²) in [6, 6.07) is -0.0999. The van der Waals surface area contributed by atoms with E-state index in [2.05, 4.69) is 24.5 Å². The molecule has 0 aliphatic heterocycles. The van der Waals surface area contributed by atoms with Crippen LogP contribution in [-0.2, 0) is 0 Å². The maximum absolute atomic E-state index is 11.0. The molecule has 0 atom stereocenters. The molecule has 0 fully saturated rings. The monoisotopic (exact) mass is 173 g/mol. The Morgan fingerprint density at radius 3 is 2.58 bits per heavy atom. The van der Waals surface area contributed by atoms with Gasteiger partial charge in [0, 0.05) is 13.1 Å². The third kappa shape index (κ3) is 7.34. The summed E-state index contributed by atoms with van der Waals surface area (Å²) in [5.74, 6) is 0.491. The van der Waals surface area contributed by atoms with Gasteiger partial charge in [0.1, 0.15) is 0 Å². The molecule has 0 aliphatic carbocycles. The fraction of sp³-hybridized carbons (Fsp3) is 0.875. The highest BCUT2D eigenvalue weighted by atomic mass is 16.2. The van der Waals surface area contributed by atoms with Crippen molar-refractivity contribution in [3.05, 3.63) is 0 Å². The Hall–Kier alpha value is -0.770. The Bertz CT molecular complexity index is 125. The van der Waals surface area contributed by atoms with Crippen molar-refractivity contribution in [2.75, 3.05) is 19.6 Å². The van der Waals surface area contributed by atoms with Gasteiger partial charge in [-0.15, -0.1) is 0 Å². The number of urea groups is 1. The average Bonchev–Trinajstić information content (AvgIpc) is 2.01. The number of hydrogen-bond donors (Lipinski definition) is 3. The van der Waals surface area contributed by atoms with Gasteiger partial charge in [0.15, 0.2) is 0 Å². The lowest BCUT2D eigenvalue weighted by molar-refractivity contribution is 0.239. The molecule has 0 saturated heterocycles. The summed E-state index contributed by atoms with van der Waals surface area (Å²) in [7, 11) is 0. The van der Waals surface area contributed by atoms with Crippen molar-refractivity contribution >= 4 is 6.03 Å². The number of hydrogen-bond acceptors (Lipinski definition) is 2. The summed E-state index contributed by atoms with van der Waals surface area (Å²) >= 11 is 0. The second kappa shape index (κ2) is 6.91. The van der Waals surface area contributed by atoms with Crippen molar-refractivity contribution in [1.82, 2.24) is 10.6 Å². The molecule has 0 spiro atoms. The fourth-order valence-corrected chi connectivity index (χ4v) is 0.663. The molecule has 0 rings (SSSR count). The van der Waals surface area contributed by atoms with Crippen LogP contribution in [-0.4, -0.2) is 25.7 Å². The highest BCUT2D eigenvalue weighted by Gasteiger charge is 1.98. The number of carbonyl (C=O) groups is 1. The molecule has 4 N–H and O–H groups in total. The Morgan fingerprint density at radius 2 is 2.08 bits per heavy atom. The van der Waals surface area contributed by atoms with Gasteiger partial charge in [0.2, 0.25) is 0 Å². The Morgan fingerprint density at radius 1 is 1.42 bits per heavy atom. The van der Waals surface area contributed by atoms with Crippen LogP contribution >= 0.6 is 0 Å². The van der Waals surface area contributed by atoms with Gasteiger partial charge >= 0.3 is 6.03 Å². The summed E-state index contributed by atoms with van der Waals surface area (Å²) in [5.41, 5.74) is 5.27. The van der Waals surface area contributed by atoms with E-state index in [-0.39, 0.29) is 6.03 Å². The van der Waals surface area contributed by atoms with Crippen LogP contribution in [0.5, 0.6) is 0 Å². The predicted octanol–water partition coefficient (Wildman–Crippen LogP) is 0.290. The van der Waals surface area contributed by atoms with E-state index in [1.807, 2.05) is 0 Å². The molecule has 2 amide bonds. The van der Waals surface area contributed by atoms with Gasteiger partial charge < -0.3 is 16.4 Å². The van der Waals surface area contributed by atoms with E-state index < -0.39 is 0 Å². The SMILES string of the molecule is CC(C)CNC(=O)NCCCN. The number of nitrogens with one attached hydrogen (secondary N) is 2. The number of nitrogens with two attached hydrogens (primary N) is 1. The first-order valence-electron chi connectivity index (χ1n) is 4.38. The van der Waals surface area contributed by atoms with Crippen LogP contribution in [0.4, 0.5) is 4.79 Å². The Balaban J connectivity index is 3.22. The Kier molecular flexibility index (Phi) is 6.47. The number of amides is 2. The third-order valence-corrected chi connectivity index (χ3v) is 1.34. The lowest BCUT2D eigenvalue weighted by Gasteiger charge is -2.08. The van der Waals surface area contributed by atoms with Crippen LogP contribution in [0.25, 0.3) is 0 Å². The van der Waals surface area contributed by atoms with E-state index >= 15 is 0 Å². The molecule has 0 aromatic rings. The zero-order valence-electron chi connectivity index (χ0n) is 7.89. The molecule has 0 bridgehead atoms. The van der Waals surface area contributed by atoms with E-state index in [0.717, 1.165) is 6.42 Å². The van der Waals surface area contributed by atoms with E-state index in [1.54, 1.807) is 0 Å². The molecule has 0 radical (unpaired) electrons. The Labute approximate surface area is 73.9 Å².